The van der Waals surface area contributed by atoms with Gasteiger partial charge in [-0.1, -0.05) is 5.57 Å². The monoisotopic (exact) mass is 224 g/mol. The molecule has 90 valence electrons. The smallest absolute Gasteiger partial charge is 0.312 e. The highest BCUT2D eigenvalue weighted by Gasteiger charge is 2.53. The van der Waals surface area contributed by atoms with E-state index in [1.54, 1.807) is 0 Å². The summed E-state index contributed by atoms with van der Waals surface area (Å²) in [5, 5.41) is 9.23. The van der Waals surface area contributed by atoms with Crippen LogP contribution < -0.4 is 0 Å². The minimum Gasteiger partial charge on any atom is -0.481 e. The third-order valence-corrected chi connectivity index (χ3v) is 4.34. The standard InChI is InChI=1S/C13H21NO2/c1-10(2)5-8-14-7-3-4-12(14)11(6-9-14)13(15)16/h5,11-12H,3-4,6-9H2,1-2H3/p+1/t11-,12-,14?/m1/s1. The molecule has 0 aromatic carbocycles. The maximum absolute atomic E-state index is 11.2. The average molecular weight is 224 g/mol. The van der Waals surface area contributed by atoms with Gasteiger partial charge in [-0.25, -0.2) is 0 Å². The molecule has 2 aliphatic heterocycles. The first kappa shape index (κ1) is 11.6. The second-order valence-electron chi connectivity index (χ2n) is 5.57. The molecule has 0 aromatic heterocycles. The van der Waals surface area contributed by atoms with E-state index in [1.807, 2.05) is 0 Å². The van der Waals surface area contributed by atoms with Crippen LogP contribution in [0.15, 0.2) is 11.6 Å². The van der Waals surface area contributed by atoms with E-state index in [4.69, 9.17) is 0 Å². The molecule has 2 rings (SSSR count). The largest absolute Gasteiger partial charge is 0.481 e. The molecule has 1 N–H and O–H groups in total. The molecule has 0 amide bonds. The van der Waals surface area contributed by atoms with Crippen molar-refractivity contribution in [3.05, 3.63) is 11.6 Å². The molecule has 3 nitrogen and oxygen atoms in total. The van der Waals surface area contributed by atoms with Gasteiger partial charge in [-0.2, -0.15) is 0 Å². The van der Waals surface area contributed by atoms with Crippen LogP contribution in [0.3, 0.4) is 0 Å². The lowest BCUT2D eigenvalue weighted by Gasteiger charge is -2.34. The molecule has 0 radical (unpaired) electrons. The summed E-state index contributed by atoms with van der Waals surface area (Å²) in [5.41, 5.74) is 1.34. The molecule has 0 spiro atoms. The number of nitrogens with zero attached hydrogens (tertiary/aromatic N) is 1. The van der Waals surface area contributed by atoms with Gasteiger partial charge in [-0.05, 0) is 19.9 Å². The maximum atomic E-state index is 11.2. The van der Waals surface area contributed by atoms with Gasteiger partial charge in [0, 0.05) is 19.3 Å². The van der Waals surface area contributed by atoms with Crippen molar-refractivity contribution in [1.29, 1.82) is 0 Å². The number of hydrogen-bond donors (Lipinski definition) is 1. The minimum atomic E-state index is -0.580. The van der Waals surface area contributed by atoms with Crippen LogP contribution in [0.25, 0.3) is 0 Å². The Morgan fingerprint density at radius 1 is 1.38 bits per heavy atom. The second kappa shape index (κ2) is 4.21. The number of carboxylic acids is 1. The third kappa shape index (κ3) is 1.88. The van der Waals surface area contributed by atoms with Crippen LogP contribution in [0.1, 0.15) is 33.1 Å². The normalized spacial score (nSPS) is 37.1. The molecule has 2 fully saturated rings. The molecule has 2 aliphatic rings. The van der Waals surface area contributed by atoms with Crippen molar-refractivity contribution in [2.75, 3.05) is 19.6 Å². The van der Waals surface area contributed by atoms with E-state index in [0.29, 0.717) is 6.04 Å². The van der Waals surface area contributed by atoms with Crippen molar-refractivity contribution in [2.45, 2.75) is 39.2 Å². The van der Waals surface area contributed by atoms with Gasteiger partial charge in [0.2, 0.25) is 0 Å². The van der Waals surface area contributed by atoms with Crippen LogP contribution in [-0.2, 0) is 4.79 Å². The molecule has 0 aromatic rings. The van der Waals surface area contributed by atoms with Gasteiger partial charge in [0.15, 0.2) is 0 Å². The maximum Gasteiger partial charge on any atom is 0.312 e. The summed E-state index contributed by atoms with van der Waals surface area (Å²) >= 11 is 0. The summed E-state index contributed by atoms with van der Waals surface area (Å²) in [7, 11) is 0. The Balaban J connectivity index is 2.15. The van der Waals surface area contributed by atoms with E-state index >= 15 is 0 Å². The molecule has 3 heteroatoms. The van der Waals surface area contributed by atoms with E-state index in [9.17, 15) is 9.90 Å². The van der Waals surface area contributed by atoms with Crippen LogP contribution in [-0.4, -0.2) is 41.2 Å². The fourth-order valence-corrected chi connectivity index (χ4v) is 3.47. The lowest BCUT2D eigenvalue weighted by atomic mass is 9.98. The topological polar surface area (TPSA) is 37.3 Å². The van der Waals surface area contributed by atoms with Gasteiger partial charge in [0.1, 0.15) is 12.0 Å². The number of allylic oxidation sites excluding steroid dienone is 1. The molecule has 3 atom stereocenters. The summed E-state index contributed by atoms with van der Waals surface area (Å²) in [6, 6.07) is 0.382. The Labute approximate surface area is 97.3 Å². The Morgan fingerprint density at radius 2 is 2.12 bits per heavy atom. The minimum absolute atomic E-state index is 0.0898. The Morgan fingerprint density at radius 3 is 2.75 bits per heavy atom. The van der Waals surface area contributed by atoms with Crippen LogP contribution in [0, 0.1) is 5.92 Å². The highest BCUT2D eigenvalue weighted by Crippen LogP contribution is 2.40. The van der Waals surface area contributed by atoms with Crippen molar-refractivity contribution in [1.82, 2.24) is 0 Å². The highest BCUT2D eigenvalue weighted by atomic mass is 16.4. The zero-order chi connectivity index (χ0) is 11.8. The van der Waals surface area contributed by atoms with E-state index in [0.717, 1.165) is 30.4 Å². The molecular weight excluding hydrogens is 202 g/mol. The predicted molar refractivity (Wildman–Crippen MR) is 63.1 cm³/mol. The second-order valence-corrected chi connectivity index (χ2v) is 5.57. The molecule has 16 heavy (non-hydrogen) atoms. The lowest BCUT2D eigenvalue weighted by Crippen LogP contribution is -2.49. The van der Waals surface area contributed by atoms with Crippen molar-refractivity contribution in [3.8, 4) is 0 Å². The van der Waals surface area contributed by atoms with Gasteiger partial charge in [-0.3, -0.25) is 4.79 Å². The third-order valence-electron chi connectivity index (χ3n) is 4.34. The number of carboxylic acid groups (broad SMARTS) is 1. The summed E-state index contributed by atoms with van der Waals surface area (Å²) in [6.45, 7) is 7.52. The van der Waals surface area contributed by atoms with E-state index in [1.165, 1.54) is 18.5 Å². The molecule has 0 saturated carbocycles. The first-order chi connectivity index (χ1) is 7.55. The first-order valence-electron chi connectivity index (χ1n) is 6.27. The Hall–Kier alpha value is -0.830. The highest BCUT2D eigenvalue weighted by molar-refractivity contribution is 5.71. The first-order valence-corrected chi connectivity index (χ1v) is 6.27. The average Bonchev–Trinajstić information content (AvgIpc) is 2.71. The number of rotatable bonds is 3. The zero-order valence-corrected chi connectivity index (χ0v) is 10.3. The Kier molecular flexibility index (Phi) is 3.06. The number of aliphatic carboxylic acids is 1. The molecular formula is C13H22NO2+. The van der Waals surface area contributed by atoms with Crippen LogP contribution >= 0.6 is 0 Å². The number of fused-ring (bicyclic) bond motifs is 1. The van der Waals surface area contributed by atoms with Crippen molar-refractivity contribution < 1.29 is 14.4 Å². The fraction of sp³-hybridized carbons (Fsp3) is 0.769. The lowest BCUT2D eigenvalue weighted by molar-refractivity contribution is -0.923. The van der Waals surface area contributed by atoms with Gasteiger partial charge < -0.3 is 9.59 Å². The van der Waals surface area contributed by atoms with Gasteiger partial charge in [0.05, 0.1) is 19.6 Å². The van der Waals surface area contributed by atoms with Gasteiger partial charge >= 0.3 is 5.97 Å². The number of hydrogen-bond acceptors (Lipinski definition) is 1. The SMILES string of the molecule is CC(C)=CC[N+]12CCC[C@@H]1[C@H](C(=O)O)CC2. The van der Waals surface area contributed by atoms with Gasteiger partial charge in [-0.15, -0.1) is 0 Å². The summed E-state index contributed by atoms with van der Waals surface area (Å²) in [6.07, 6.45) is 5.46. The predicted octanol–water partition coefficient (Wildman–Crippen LogP) is 2.04. The van der Waals surface area contributed by atoms with Crippen molar-refractivity contribution >= 4 is 5.97 Å². The van der Waals surface area contributed by atoms with E-state index in [2.05, 4.69) is 19.9 Å². The molecule has 0 bridgehead atoms. The molecule has 1 unspecified atom stereocenters. The van der Waals surface area contributed by atoms with Crippen molar-refractivity contribution in [3.63, 3.8) is 0 Å². The molecule has 2 saturated heterocycles. The molecule has 0 aliphatic carbocycles. The van der Waals surface area contributed by atoms with E-state index < -0.39 is 5.97 Å². The Bertz CT molecular complexity index is 320. The fourth-order valence-electron chi connectivity index (χ4n) is 3.47. The number of quaternary nitrogens is 1. The summed E-state index contributed by atoms with van der Waals surface area (Å²) < 4.78 is 1.04. The van der Waals surface area contributed by atoms with Crippen LogP contribution in [0.2, 0.25) is 0 Å². The van der Waals surface area contributed by atoms with Crippen LogP contribution in [0.5, 0.6) is 0 Å². The van der Waals surface area contributed by atoms with Gasteiger partial charge in [0.25, 0.3) is 0 Å². The summed E-state index contributed by atoms with van der Waals surface area (Å²) in [4.78, 5) is 11.2. The quantitative estimate of drug-likeness (QED) is 0.588. The van der Waals surface area contributed by atoms with Crippen LogP contribution in [0.4, 0.5) is 0 Å². The summed E-state index contributed by atoms with van der Waals surface area (Å²) in [5.74, 6) is -0.669. The molecule has 2 heterocycles. The van der Waals surface area contributed by atoms with Crippen molar-refractivity contribution in [2.24, 2.45) is 5.92 Å². The van der Waals surface area contributed by atoms with E-state index in [-0.39, 0.29) is 5.92 Å². The zero-order valence-electron chi connectivity index (χ0n) is 10.3. The number of carbonyl (C=O) groups is 1.